The van der Waals surface area contributed by atoms with E-state index in [0.717, 1.165) is 25.7 Å². The summed E-state index contributed by atoms with van der Waals surface area (Å²) >= 11 is 0. The molecule has 0 N–H and O–H groups in total. The van der Waals surface area contributed by atoms with E-state index in [1.54, 1.807) is 0 Å². The maximum Gasteiger partial charge on any atom is 0.316 e. The quantitative estimate of drug-likeness (QED) is 0.254. The highest BCUT2D eigenvalue weighted by Crippen LogP contribution is 2.18. The van der Waals surface area contributed by atoms with E-state index in [1.807, 2.05) is 32.9 Å². The van der Waals surface area contributed by atoms with Gasteiger partial charge in [-0.05, 0) is 52.2 Å². The van der Waals surface area contributed by atoms with E-state index in [1.165, 1.54) is 12.8 Å². The van der Waals surface area contributed by atoms with E-state index in [-0.39, 0.29) is 5.97 Å². The molecule has 0 aliphatic rings. The first-order chi connectivity index (χ1) is 8.91. The largest absolute Gasteiger partial charge is 0.427 e. The normalized spacial score (nSPS) is 13.0. The molecule has 0 aromatic heterocycles. The molecule has 2 heteroatoms. The molecule has 0 heterocycles. The van der Waals surface area contributed by atoms with Crippen molar-refractivity contribution in [3.05, 3.63) is 24.0 Å². The zero-order valence-corrected chi connectivity index (χ0v) is 13.3. The molecule has 110 valence electrons. The Morgan fingerprint density at radius 3 is 2.26 bits per heavy atom. The predicted octanol–water partition coefficient (Wildman–Crippen LogP) is 5.40. The number of esters is 1. The van der Waals surface area contributed by atoms with E-state index in [4.69, 9.17) is 4.74 Å². The molecule has 0 aliphatic heterocycles. The molecule has 0 bridgehead atoms. The highest BCUT2D eigenvalue weighted by molar-refractivity contribution is 5.76. The molecule has 0 aromatic rings. The van der Waals surface area contributed by atoms with Crippen molar-refractivity contribution in [2.45, 2.75) is 73.1 Å². The monoisotopic (exact) mass is 266 g/mol. The second kappa shape index (κ2) is 9.82. The van der Waals surface area contributed by atoms with Gasteiger partial charge in [0.2, 0.25) is 0 Å². The number of carbonyl (C=O) groups is 1. The van der Waals surface area contributed by atoms with Crippen molar-refractivity contribution in [1.29, 1.82) is 0 Å². The van der Waals surface area contributed by atoms with Gasteiger partial charge in [0.15, 0.2) is 0 Å². The van der Waals surface area contributed by atoms with Gasteiger partial charge in [0, 0.05) is 0 Å². The minimum absolute atomic E-state index is 0.171. The number of ether oxygens (including phenoxy) is 1. The van der Waals surface area contributed by atoms with Crippen LogP contribution < -0.4 is 0 Å². The van der Waals surface area contributed by atoms with Crippen LogP contribution in [0.3, 0.4) is 0 Å². The van der Waals surface area contributed by atoms with Gasteiger partial charge in [-0.3, -0.25) is 4.79 Å². The molecule has 0 fully saturated rings. The van der Waals surface area contributed by atoms with Crippen molar-refractivity contribution in [1.82, 2.24) is 0 Å². The molecule has 2 nitrogen and oxygen atoms in total. The fraction of sp³-hybridized carbons (Fsp3) is 0.706. The van der Waals surface area contributed by atoms with Gasteiger partial charge in [-0.1, -0.05) is 39.2 Å². The minimum Gasteiger partial charge on any atom is -0.427 e. The van der Waals surface area contributed by atoms with Crippen LogP contribution in [0.2, 0.25) is 0 Å². The fourth-order valence-corrected chi connectivity index (χ4v) is 1.41. The summed E-state index contributed by atoms with van der Waals surface area (Å²) < 4.78 is 5.48. The molecule has 0 saturated carbocycles. The first kappa shape index (κ1) is 17.9. The van der Waals surface area contributed by atoms with Crippen LogP contribution in [0.4, 0.5) is 0 Å². The third kappa shape index (κ3) is 9.52. The van der Waals surface area contributed by atoms with E-state index in [9.17, 15) is 4.79 Å². The van der Waals surface area contributed by atoms with Gasteiger partial charge in [0.1, 0.15) is 5.76 Å². The van der Waals surface area contributed by atoms with E-state index < -0.39 is 5.41 Å². The number of carbonyl (C=O) groups excluding carboxylic acids is 1. The average molecular weight is 266 g/mol. The van der Waals surface area contributed by atoms with Crippen LogP contribution in [0, 0.1) is 5.41 Å². The van der Waals surface area contributed by atoms with Gasteiger partial charge >= 0.3 is 5.97 Å². The highest BCUT2D eigenvalue weighted by Gasteiger charge is 2.23. The Balaban J connectivity index is 4.53. The minimum atomic E-state index is -0.457. The molecule has 0 aliphatic carbocycles. The molecule has 0 unspecified atom stereocenters. The van der Waals surface area contributed by atoms with Gasteiger partial charge in [0.05, 0.1) is 5.41 Å². The van der Waals surface area contributed by atoms with Crippen LogP contribution in [0.5, 0.6) is 0 Å². The fourth-order valence-electron chi connectivity index (χ4n) is 1.41. The van der Waals surface area contributed by atoms with Crippen LogP contribution in [-0.4, -0.2) is 5.97 Å². The number of hydrogen-bond donors (Lipinski definition) is 0. The first-order valence-electron chi connectivity index (χ1n) is 7.50. The number of hydrogen-bond acceptors (Lipinski definition) is 2. The van der Waals surface area contributed by atoms with Gasteiger partial charge in [-0.25, -0.2) is 0 Å². The molecule has 0 saturated heterocycles. The first-order valence-corrected chi connectivity index (χ1v) is 7.50. The maximum atomic E-state index is 11.9. The molecule has 0 aromatic carbocycles. The van der Waals surface area contributed by atoms with Crippen molar-refractivity contribution in [2.24, 2.45) is 5.41 Å². The Morgan fingerprint density at radius 2 is 1.74 bits per heavy atom. The summed E-state index contributed by atoms with van der Waals surface area (Å²) in [6, 6.07) is 0. The molecule has 0 amide bonds. The van der Waals surface area contributed by atoms with Gasteiger partial charge in [0.25, 0.3) is 0 Å². The van der Waals surface area contributed by atoms with Crippen molar-refractivity contribution >= 4 is 5.97 Å². The average Bonchev–Trinajstić information content (AvgIpc) is 2.33. The van der Waals surface area contributed by atoms with Crippen LogP contribution in [-0.2, 0) is 9.53 Å². The van der Waals surface area contributed by atoms with Gasteiger partial charge < -0.3 is 4.74 Å². The summed E-state index contributed by atoms with van der Waals surface area (Å²) in [4.78, 5) is 11.9. The Labute approximate surface area is 118 Å². The molecule has 19 heavy (non-hydrogen) atoms. The number of allylic oxidation sites excluding steroid dienone is 3. The molecule has 0 spiro atoms. The lowest BCUT2D eigenvalue weighted by molar-refractivity contribution is -0.148. The highest BCUT2D eigenvalue weighted by atomic mass is 16.5. The Bertz CT molecular complexity index is 306. The van der Waals surface area contributed by atoms with Crippen molar-refractivity contribution in [2.75, 3.05) is 0 Å². The third-order valence-corrected chi connectivity index (χ3v) is 2.71. The van der Waals surface area contributed by atoms with Gasteiger partial charge in [-0.2, -0.15) is 0 Å². The summed E-state index contributed by atoms with van der Waals surface area (Å²) in [6.45, 7) is 9.95. The topological polar surface area (TPSA) is 26.3 Å². The lowest BCUT2D eigenvalue weighted by atomic mass is 9.97. The van der Waals surface area contributed by atoms with E-state index in [2.05, 4.69) is 19.9 Å². The summed E-state index contributed by atoms with van der Waals surface area (Å²) in [5.41, 5.74) is -0.457. The Hall–Kier alpha value is -1.05. The summed E-state index contributed by atoms with van der Waals surface area (Å²) in [5.74, 6) is 0.528. The maximum absolute atomic E-state index is 11.9. The lowest BCUT2D eigenvalue weighted by Crippen LogP contribution is -2.22. The number of unbranched alkanes of at least 4 members (excludes halogenated alkanes) is 4. The van der Waals surface area contributed by atoms with Crippen molar-refractivity contribution in [3.8, 4) is 0 Å². The Morgan fingerprint density at radius 1 is 1.05 bits per heavy atom. The lowest BCUT2D eigenvalue weighted by Gasteiger charge is -2.16. The second-order valence-electron chi connectivity index (χ2n) is 5.93. The molecular formula is C17H30O2. The van der Waals surface area contributed by atoms with E-state index >= 15 is 0 Å². The summed E-state index contributed by atoms with van der Waals surface area (Å²) in [6.07, 6.45) is 12.7. The zero-order valence-electron chi connectivity index (χ0n) is 13.3. The van der Waals surface area contributed by atoms with Crippen LogP contribution in [0.25, 0.3) is 0 Å². The molecule has 0 atom stereocenters. The van der Waals surface area contributed by atoms with Gasteiger partial charge in [-0.15, -0.1) is 0 Å². The smallest absolute Gasteiger partial charge is 0.316 e. The predicted molar refractivity (Wildman–Crippen MR) is 81.8 cm³/mol. The van der Waals surface area contributed by atoms with E-state index in [0.29, 0.717) is 5.76 Å². The molecule has 0 rings (SSSR count). The summed E-state index contributed by atoms with van der Waals surface area (Å²) in [7, 11) is 0. The second-order valence-corrected chi connectivity index (χ2v) is 5.93. The molecule has 0 radical (unpaired) electrons. The third-order valence-electron chi connectivity index (χ3n) is 2.71. The standard InChI is InChI=1S/C17H30O2/c1-6-8-10-12-14-15(13-11-9-7-2)19-16(18)17(3,4)5/h11,13-14H,6-10,12H2,1-5H3/b13-11+,15-14-. The molecular weight excluding hydrogens is 236 g/mol. The van der Waals surface area contributed by atoms with Crippen molar-refractivity contribution < 1.29 is 9.53 Å². The summed E-state index contributed by atoms with van der Waals surface area (Å²) in [5, 5.41) is 0. The number of rotatable bonds is 8. The van der Waals surface area contributed by atoms with Crippen molar-refractivity contribution in [3.63, 3.8) is 0 Å². The van der Waals surface area contributed by atoms with Crippen LogP contribution >= 0.6 is 0 Å². The van der Waals surface area contributed by atoms with Crippen LogP contribution in [0.1, 0.15) is 73.1 Å². The van der Waals surface area contributed by atoms with Crippen LogP contribution in [0.15, 0.2) is 24.0 Å². The SMILES string of the molecule is CCC/C=C/C(=C/CCCCC)OC(=O)C(C)(C)C. The zero-order chi connectivity index (χ0) is 14.7. The Kier molecular flexibility index (Phi) is 9.28.